The fraction of sp³-hybridized carbons (Fsp3) is 0.333. The van der Waals surface area contributed by atoms with Crippen LogP contribution in [-0.2, 0) is 4.75 Å². The van der Waals surface area contributed by atoms with Gasteiger partial charge in [0.15, 0.2) is 0 Å². The smallest absolute Gasteiger partial charge is 0.0563 e. The Balaban J connectivity index is 2.35. The van der Waals surface area contributed by atoms with Gasteiger partial charge < -0.3 is 0 Å². The Morgan fingerprint density at radius 2 is 1.92 bits per heavy atom. The predicted molar refractivity (Wildman–Crippen MR) is 60.1 cm³/mol. The standard InChI is InChI=1S/C12H14S/c1-10-4-6-11(7-5-10)12(2)8-3-9-13-12/h3-8H,9H2,1-2H3/t12-/m1/s1. The molecule has 0 unspecified atom stereocenters. The van der Waals surface area contributed by atoms with Crippen molar-refractivity contribution in [1.29, 1.82) is 0 Å². The van der Waals surface area contributed by atoms with Gasteiger partial charge in [-0.15, -0.1) is 11.8 Å². The second-order valence-electron chi connectivity index (χ2n) is 3.69. The highest BCUT2D eigenvalue weighted by molar-refractivity contribution is 8.00. The van der Waals surface area contributed by atoms with Gasteiger partial charge >= 0.3 is 0 Å². The number of rotatable bonds is 1. The average Bonchev–Trinajstić information content (AvgIpc) is 2.54. The summed E-state index contributed by atoms with van der Waals surface area (Å²) in [5.74, 6) is 1.14. The molecule has 0 N–H and O–H groups in total. The van der Waals surface area contributed by atoms with E-state index in [1.807, 2.05) is 11.8 Å². The maximum absolute atomic E-state index is 2.31. The minimum Gasteiger partial charge on any atom is -0.142 e. The van der Waals surface area contributed by atoms with Crippen LogP contribution in [0.4, 0.5) is 0 Å². The quantitative estimate of drug-likeness (QED) is 0.611. The fourth-order valence-corrected chi connectivity index (χ4v) is 2.64. The van der Waals surface area contributed by atoms with Gasteiger partial charge in [-0.3, -0.25) is 0 Å². The largest absolute Gasteiger partial charge is 0.142 e. The van der Waals surface area contributed by atoms with Crippen LogP contribution in [0.2, 0.25) is 0 Å². The molecule has 0 bridgehead atoms. The highest BCUT2D eigenvalue weighted by atomic mass is 32.2. The summed E-state index contributed by atoms with van der Waals surface area (Å²) in [6, 6.07) is 8.84. The minimum absolute atomic E-state index is 0.216. The molecule has 1 heterocycles. The molecule has 0 spiro atoms. The van der Waals surface area contributed by atoms with Crippen molar-refractivity contribution in [2.45, 2.75) is 18.6 Å². The first-order valence-electron chi connectivity index (χ1n) is 4.59. The highest BCUT2D eigenvalue weighted by Crippen LogP contribution is 2.41. The van der Waals surface area contributed by atoms with E-state index < -0.39 is 0 Å². The third kappa shape index (κ3) is 1.66. The molecular formula is C12H14S. The number of aryl methyl sites for hydroxylation is 1. The van der Waals surface area contributed by atoms with Gasteiger partial charge in [-0.05, 0) is 19.4 Å². The van der Waals surface area contributed by atoms with Crippen molar-refractivity contribution >= 4 is 11.8 Å². The lowest BCUT2D eigenvalue weighted by atomic mass is 9.99. The van der Waals surface area contributed by atoms with E-state index in [2.05, 4.69) is 50.3 Å². The van der Waals surface area contributed by atoms with E-state index in [9.17, 15) is 0 Å². The van der Waals surface area contributed by atoms with E-state index in [4.69, 9.17) is 0 Å². The minimum atomic E-state index is 0.216. The molecule has 1 aromatic carbocycles. The van der Waals surface area contributed by atoms with E-state index in [0.717, 1.165) is 5.75 Å². The fourth-order valence-electron chi connectivity index (χ4n) is 1.61. The SMILES string of the molecule is Cc1ccc([C@@]2(C)C=CCS2)cc1. The lowest BCUT2D eigenvalue weighted by molar-refractivity contribution is 0.891. The molecule has 1 aliphatic heterocycles. The first kappa shape index (κ1) is 8.89. The molecule has 0 saturated carbocycles. The van der Waals surface area contributed by atoms with Crippen molar-refractivity contribution in [1.82, 2.24) is 0 Å². The molecule has 0 aromatic heterocycles. The molecule has 0 saturated heterocycles. The normalized spacial score (nSPS) is 26.6. The number of benzene rings is 1. The molecule has 1 aliphatic rings. The Morgan fingerprint density at radius 3 is 2.46 bits per heavy atom. The van der Waals surface area contributed by atoms with Gasteiger partial charge in [0.05, 0.1) is 4.75 Å². The van der Waals surface area contributed by atoms with Crippen LogP contribution in [-0.4, -0.2) is 5.75 Å². The van der Waals surface area contributed by atoms with Gasteiger partial charge in [0.2, 0.25) is 0 Å². The zero-order valence-electron chi connectivity index (χ0n) is 8.08. The third-order valence-electron chi connectivity index (χ3n) is 2.54. The van der Waals surface area contributed by atoms with Gasteiger partial charge in [0, 0.05) is 5.75 Å². The van der Waals surface area contributed by atoms with Crippen molar-refractivity contribution in [3.05, 3.63) is 47.5 Å². The van der Waals surface area contributed by atoms with E-state index in [1.165, 1.54) is 11.1 Å². The molecule has 13 heavy (non-hydrogen) atoms. The predicted octanol–water partition coefficient (Wildman–Crippen LogP) is 3.51. The highest BCUT2D eigenvalue weighted by Gasteiger charge is 2.26. The van der Waals surface area contributed by atoms with Gasteiger partial charge in [-0.1, -0.05) is 42.0 Å². The van der Waals surface area contributed by atoms with Crippen LogP contribution in [0, 0.1) is 6.92 Å². The molecule has 0 nitrogen and oxygen atoms in total. The first-order chi connectivity index (χ1) is 6.21. The molecule has 0 fully saturated rings. The average molecular weight is 190 g/mol. The van der Waals surface area contributed by atoms with E-state index in [-0.39, 0.29) is 4.75 Å². The van der Waals surface area contributed by atoms with Crippen LogP contribution in [0.5, 0.6) is 0 Å². The van der Waals surface area contributed by atoms with E-state index in [1.54, 1.807) is 0 Å². The lowest BCUT2D eigenvalue weighted by Crippen LogP contribution is -2.10. The van der Waals surface area contributed by atoms with Crippen LogP contribution < -0.4 is 0 Å². The molecular weight excluding hydrogens is 176 g/mol. The summed E-state index contributed by atoms with van der Waals surface area (Å²) in [5.41, 5.74) is 2.75. The summed E-state index contributed by atoms with van der Waals surface area (Å²) < 4.78 is 0.216. The zero-order chi connectivity index (χ0) is 9.31. The molecule has 0 amide bonds. The lowest BCUT2D eigenvalue weighted by Gasteiger charge is -2.21. The Morgan fingerprint density at radius 1 is 1.23 bits per heavy atom. The van der Waals surface area contributed by atoms with E-state index >= 15 is 0 Å². The second-order valence-corrected chi connectivity index (χ2v) is 5.16. The zero-order valence-corrected chi connectivity index (χ0v) is 8.90. The first-order valence-corrected chi connectivity index (χ1v) is 5.58. The summed E-state index contributed by atoms with van der Waals surface area (Å²) in [5, 5.41) is 0. The third-order valence-corrected chi connectivity index (χ3v) is 3.87. The van der Waals surface area contributed by atoms with Gasteiger partial charge in [-0.2, -0.15) is 0 Å². The Kier molecular flexibility index (Phi) is 2.20. The monoisotopic (exact) mass is 190 g/mol. The second kappa shape index (κ2) is 3.22. The topological polar surface area (TPSA) is 0 Å². The molecule has 2 rings (SSSR count). The van der Waals surface area contributed by atoms with Crippen molar-refractivity contribution in [3.63, 3.8) is 0 Å². The van der Waals surface area contributed by atoms with Crippen molar-refractivity contribution in [2.24, 2.45) is 0 Å². The maximum atomic E-state index is 2.31. The van der Waals surface area contributed by atoms with Crippen LogP contribution in [0.3, 0.4) is 0 Å². The van der Waals surface area contributed by atoms with Crippen molar-refractivity contribution < 1.29 is 0 Å². The summed E-state index contributed by atoms with van der Waals surface area (Å²) in [4.78, 5) is 0. The number of thioether (sulfide) groups is 1. The van der Waals surface area contributed by atoms with Crippen LogP contribution in [0.25, 0.3) is 0 Å². The number of hydrogen-bond donors (Lipinski definition) is 0. The van der Waals surface area contributed by atoms with Crippen LogP contribution in [0.1, 0.15) is 18.1 Å². The molecule has 68 valence electrons. The summed E-state index contributed by atoms with van der Waals surface area (Å²) >= 11 is 1.99. The molecule has 1 aromatic rings. The van der Waals surface area contributed by atoms with Gasteiger partial charge in [0.1, 0.15) is 0 Å². The summed E-state index contributed by atoms with van der Waals surface area (Å²) in [7, 11) is 0. The van der Waals surface area contributed by atoms with E-state index in [0.29, 0.717) is 0 Å². The van der Waals surface area contributed by atoms with Gasteiger partial charge in [-0.25, -0.2) is 0 Å². The van der Waals surface area contributed by atoms with Crippen LogP contribution >= 0.6 is 11.8 Å². The number of hydrogen-bond acceptors (Lipinski definition) is 1. The summed E-state index contributed by atoms with van der Waals surface area (Å²) in [6.45, 7) is 4.41. The molecule has 1 atom stereocenters. The van der Waals surface area contributed by atoms with Crippen molar-refractivity contribution in [3.8, 4) is 0 Å². The molecule has 1 heteroatoms. The van der Waals surface area contributed by atoms with Gasteiger partial charge in [0.25, 0.3) is 0 Å². The molecule has 0 aliphatic carbocycles. The molecule has 0 radical (unpaired) electrons. The summed E-state index contributed by atoms with van der Waals surface area (Å²) in [6.07, 6.45) is 4.56. The van der Waals surface area contributed by atoms with Crippen LogP contribution in [0.15, 0.2) is 36.4 Å². The Bertz CT molecular complexity index is 323. The maximum Gasteiger partial charge on any atom is 0.0563 e. The Labute approximate surface area is 84.0 Å². The van der Waals surface area contributed by atoms with Crippen molar-refractivity contribution in [2.75, 3.05) is 5.75 Å². The Hall–Kier alpha value is -0.690.